The number of aromatic nitrogens is 2. The molecule has 6 nitrogen and oxygen atoms in total. The van der Waals surface area contributed by atoms with Crippen molar-refractivity contribution in [2.45, 2.75) is 70.4 Å². The lowest BCUT2D eigenvalue weighted by Gasteiger charge is -2.17. The fourth-order valence-electron chi connectivity index (χ4n) is 4.55. The number of fused-ring (bicyclic) bond motifs is 2. The number of hydrogen-bond donors (Lipinski definition) is 3. The second kappa shape index (κ2) is 11.8. The van der Waals surface area contributed by atoms with Crippen molar-refractivity contribution in [3.05, 3.63) is 65.5 Å². The third-order valence-electron chi connectivity index (χ3n) is 6.43. The molecule has 1 aliphatic rings. The third kappa shape index (κ3) is 6.51. The van der Waals surface area contributed by atoms with Gasteiger partial charge < -0.3 is 15.7 Å². The molecule has 0 spiro atoms. The number of rotatable bonds is 12. The Labute approximate surface area is 195 Å². The molecule has 0 saturated heterocycles. The summed E-state index contributed by atoms with van der Waals surface area (Å²) in [6, 6.07) is 13.8. The monoisotopic (exact) mass is 446 g/mol. The van der Waals surface area contributed by atoms with Crippen LogP contribution in [0, 0.1) is 0 Å². The van der Waals surface area contributed by atoms with E-state index >= 15 is 0 Å². The number of aryl methyl sites for hydroxylation is 2. The Morgan fingerprint density at radius 2 is 1.91 bits per heavy atom. The van der Waals surface area contributed by atoms with Gasteiger partial charge in [0.05, 0.1) is 5.52 Å². The lowest BCUT2D eigenvalue weighted by atomic mass is 10.0. The SMILES string of the molecule is O=C(O)C(CCCCCCCc1ccc2c(n1)NCCC2)NCc1cccc2cccnc12. The second-order valence-corrected chi connectivity index (χ2v) is 8.91. The molecule has 3 N–H and O–H groups in total. The minimum Gasteiger partial charge on any atom is -0.480 e. The number of benzene rings is 1. The average molecular weight is 447 g/mol. The van der Waals surface area contributed by atoms with Crippen molar-refractivity contribution in [3.63, 3.8) is 0 Å². The maximum atomic E-state index is 11.7. The summed E-state index contributed by atoms with van der Waals surface area (Å²) in [5.41, 5.74) is 4.47. The maximum Gasteiger partial charge on any atom is 0.320 e. The van der Waals surface area contributed by atoms with E-state index in [0.29, 0.717) is 13.0 Å². The minimum atomic E-state index is -0.782. The van der Waals surface area contributed by atoms with Crippen LogP contribution in [-0.2, 0) is 24.2 Å². The van der Waals surface area contributed by atoms with E-state index in [2.05, 4.69) is 27.8 Å². The Balaban J connectivity index is 1.15. The first-order valence-electron chi connectivity index (χ1n) is 12.2. The van der Waals surface area contributed by atoms with Crippen molar-refractivity contribution in [2.24, 2.45) is 0 Å². The van der Waals surface area contributed by atoms with Gasteiger partial charge in [0.15, 0.2) is 0 Å². The molecule has 0 radical (unpaired) electrons. The third-order valence-corrected chi connectivity index (χ3v) is 6.43. The number of para-hydroxylation sites is 1. The molecule has 2 aromatic heterocycles. The first-order valence-corrected chi connectivity index (χ1v) is 12.2. The smallest absolute Gasteiger partial charge is 0.320 e. The van der Waals surface area contributed by atoms with Gasteiger partial charge in [0.1, 0.15) is 11.9 Å². The zero-order chi connectivity index (χ0) is 22.9. The Hall–Kier alpha value is -2.99. The van der Waals surface area contributed by atoms with Crippen molar-refractivity contribution in [2.75, 3.05) is 11.9 Å². The van der Waals surface area contributed by atoms with Gasteiger partial charge in [-0.15, -0.1) is 0 Å². The summed E-state index contributed by atoms with van der Waals surface area (Å²) >= 11 is 0. The summed E-state index contributed by atoms with van der Waals surface area (Å²) in [4.78, 5) is 20.9. The highest BCUT2D eigenvalue weighted by Gasteiger charge is 2.17. The zero-order valence-electron chi connectivity index (χ0n) is 19.2. The average Bonchev–Trinajstić information content (AvgIpc) is 2.85. The number of pyridine rings is 2. The van der Waals surface area contributed by atoms with E-state index in [9.17, 15) is 9.90 Å². The number of carbonyl (C=O) groups is 1. The highest BCUT2D eigenvalue weighted by atomic mass is 16.4. The van der Waals surface area contributed by atoms with Crippen molar-refractivity contribution >= 4 is 22.7 Å². The lowest BCUT2D eigenvalue weighted by molar-refractivity contribution is -0.139. The fourth-order valence-corrected chi connectivity index (χ4v) is 4.55. The molecule has 0 amide bonds. The largest absolute Gasteiger partial charge is 0.480 e. The van der Waals surface area contributed by atoms with Gasteiger partial charge in [-0.1, -0.05) is 56.0 Å². The van der Waals surface area contributed by atoms with E-state index in [1.165, 1.54) is 17.7 Å². The second-order valence-electron chi connectivity index (χ2n) is 8.91. The molecule has 174 valence electrons. The Morgan fingerprint density at radius 3 is 2.82 bits per heavy atom. The number of nitrogens with zero attached hydrogens (tertiary/aromatic N) is 2. The molecule has 33 heavy (non-hydrogen) atoms. The Bertz CT molecular complexity index is 1060. The summed E-state index contributed by atoms with van der Waals surface area (Å²) in [6.07, 6.45) is 11.1. The van der Waals surface area contributed by atoms with E-state index in [0.717, 1.165) is 73.8 Å². The van der Waals surface area contributed by atoms with Crippen LogP contribution in [0.4, 0.5) is 5.82 Å². The predicted molar refractivity (Wildman–Crippen MR) is 132 cm³/mol. The van der Waals surface area contributed by atoms with Gasteiger partial charge in [0.25, 0.3) is 0 Å². The van der Waals surface area contributed by atoms with Crippen LogP contribution in [-0.4, -0.2) is 33.6 Å². The topological polar surface area (TPSA) is 87.1 Å². The molecule has 1 aromatic carbocycles. The standard InChI is InChI=1S/C27H34N4O2/c32-27(33)24(30-19-22-10-6-9-20-11-7-17-28-25(20)22)14-5-3-1-2-4-13-23-16-15-21-12-8-18-29-26(21)31-23/h6-7,9-11,15-17,24,30H,1-5,8,12-14,18-19H2,(H,29,31)(H,32,33). The summed E-state index contributed by atoms with van der Waals surface area (Å²) in [5.74, 6) is 0.292. The molecule has 1 aliphatic heterocycles. The van der Waals surface area contributed by atoms with E-state index in [1.807, 2.05) is 30.3 Å². The van der Waals surface area contributed by atoms with Crippen LogP contribution in [0.15, 0.2) is 48.7 Å². The number of nitrogens with one attached hydrogen (secondary N) is 2. The molecule has 0 bridgehead atoms. The molecule has 1 atom stereocenters. The molecule has 3 aromatic rings. The first-order chi connectivity index (χ1) is 16.2. The van der Waals surface area contributed by atoms with Gasteiger partial charge in [0, 0.05) is 30.4 Å². The molecular weight excluding hydrogens is 412 g/mol. The highest BCUT2D eigenvalue weighted by molar-refractivity contribution is 5.81. The van der Waals surface area contributed by atoms with E-state index in [1.54, 1.807) is 6.20 Å². The van der Waals surface area contributed by atoms with Crippen LogP contribution in [0.5, 0.6) is 0 Å². The fraction of sp³-hybridized carbons (Fsp3) is 0.444. The predicted octanol–water partition coefficient (Wildman–Crippen LogP) is 5.11. The number of unbranched alkanes of at least 4 members (excludes halogenated alkanes) is 4. The number of anilines is 1. The van der Waals surface area contributed by atoms with Crippen LogP contribution in [0.1, 0.15) is 61.8 Å². The van der Waals surface area contributed by atoms with Crippen molar-refractivity contribution in [1.82, 2.24) is 15.3 Å². The summed E-state index contributed by atoms with van der Waals surface area (Å²) in [5, 5.41) is 17.3. The lowest BCUT2D eigenvalue weighted by Crippen LogP contribution is -2.36. The van der Waals surface area contributed by atoms with E-state index in [4.69, 9.17) is 4.98 Å². The van der Waals surface area contributed by atoms with Gasteiger partial charge in [-0.2, -0.15) is 0 Å². The Morgan fingerprint density at radius 1 is 1.06 bits per heavy atom. The number of carboxylic acids is 1. The van der Waals surface area contributed by atoms with Crippen molar-refractivity contribution in [1.29, 1.82) is 0 Å². The molecule has 0 fully saturated rings. The van der Waals surface area contributed by atoms with Crippen LogP contribution in [0.2, 0.25) is 0 Å². The van der Waals surface area contributed by atoms with Gasteiger partial charge in [-0.3, -0.25) is 9.78 Å². The van der Waals surface area contributed by atoms with Gasteiger partial charge in [0.2, 0.25) is 0 Å². The molecule has 3 heterocycles. The highest BCUT2D eigenvalue weighted by Crippen LogP contribution is 2.21. The maximum absolute atomic E-state index is 11.7. The summed E-state index contributed by atoms with van der Waals surface area (Å²) < 4.78 is 0. The van der Waals surface area contributed by atoms with Crippen LogP contribution in [0.25, 0.3) is 10.9 Å². The van der Waals surface area contributed by atoms with Crippen LogP contribution in [0.3, 0.4) is 0 Å². The van der Waals surface area contributed by atoms with E-state index in [-0.39, 0.29) is 0 Å². The molecule has 6 heteroatoms. The quantitative estimate of drug-likeness (QED) is 0.335. The molecule has 0 aliphatic carbocycles. The zero-order valence-corrected chi connectivity index (χ0v) is 19.2. The number of hydrogen-bond acceptors (Lipinski definition) is 5. The Kier molecular flexibility index (Phi) is 8.25. The van der Waals surface area contributed by atoms with Gasteiger partial charge in [-0.25, -0.2) is 4.98 Å². The number of aliphatic carboxylic acids is 1. The van der Waals surface area contributed by atoms with Crippen LogP contribution >= 0.6 is 0 Å². The first kappa shape index (κ1) is 23.2. The molecule has 4 rings (SSSR count). The molecule has 1 unspecified atom stereocenters. The van der Waals surface area contributed by atoms with Crippen molar-refractivity contribution < 1.29 is 9.90 Å². The summed E-state index contributed by atoms with van der Waals surface area (Å²) in [6.45, 7) is 1.53. The molecular formula is C27H34N4O2. The molecule has 0 saturated carbocycles. The van der Waals surface area contributed by atoms with Gasteiger partial charge in [-0.05, 0) is 55.4 Å². The van der Waals surface area contributed by atoms with Crippen molar-refractivity contribution in [3.8, 4) is 0 Å². The van der Waals surface area contributed by atoms with Gasteiger partial charge >= 0.3 is 5.97 Å². The summed E-state index contributed by atoms with van der Waals surface area (Å²) in [7, 11) is 0. The van der Waals surface area contributed by atoms with E-state index < -0.39 is 12.0 Å². The normalized spacial score (nSPS) is 13.9. The van der Waals surface area contributed by atoms with Crippen LogP contribution < -0.4 is 10.6 Å². The minimum absolute atomic E-state index is 0.508. The number of carboxylic acid groups (broad SMARTS) is 1.